The van der Waals surface area contributed by atoms with Crippen LogP contribution in [0.4, 0.5) is 11.4 Å². The quantitative estimate of drug-likeness (QED) is 0.512. The third-order valence-electron chi connectivity index (χ3n) is 3.33. The molecule has 0 bridgehead atoms. The molecular formula is C16H12N2O6. The zero-order valence-electron chi connectivity index (χ0n) is 12.4. The van der Waals surface area contributed by atoms with Crippen molar-refractivity contribution in [2.24, 2.45) is 0 Å². The molecule has 1 aliphatic heterocycles. The predicted molar refractivity (Wildman–Crippen MR) is 83.5 cm³/mol. The van der Waals surface area contributed by atoms with Crippen molar-refractivity contribution < 1.29 is 24.0 Å². The molecule has 0 saturated carbocycles. The first-order chi connectivity index (χ1) is 11.5. The Morgan fingerprint density at radius 3 is 2.92 bits per heavy atom. The van der Waals surface area contributed by atoms with Gasteiger partial charge in [0.25, 0.3) is 11.6 Å². The van der Waals surface area contributed by atoms with Crippen molar-refractivity contribution in [3.8, 4) is 11.5 Å². The van der Waals surface area contributed by atoms with Crippen molar-refractivity contribution in [3.05, 3.63) is 58.1 Å². The number of ketones is 1. The summed E-state index contributed by atoms with van der Waals surface area (Å²) in [6.07, 6.45) is 0. The fourth-order valence-corrected chi connectivity index (χ4v) is 2.18. The van der Waals surface area contributed by atoms with Gasteiger partial charge in [-0.3, -0.25) is 19.7 Å². The molecular weight excluding hydrogens is 316 g/mol. The number of nitro groups is 1. The van der Waals surface area contributed by atoms with Gasteiger partial charge in [-0.05, 0) is 24.3 Å². The van der Waals surface area contributed by atoms with Crippen molar-refractivity contribution in [1.29, 1.82) is 0 Å². The number of rotatable bonds is 5. The van der Waals surface area contributed by atoms with Gasteiger partial charge in [-0.1, -0.05) is 6.07 Å². The van der Waals surface area contributed by atoms with Crippen molar-refractivity contribution in [3.63, 3.8) is 0 Å². The second-order valence-electron chi connectivity index (χ2n) is 5.01. The molecule has 3 rings (SSSR count). The Morgan fingerprint density at radius 2 is 2.12 bits per heavy atom. The van der Waals surface area contributed by atoms with Gasteiger partial charge in [0.2, 0.25) is 0 Å². The van der Waals surface area contributed by atoms with Gasteiger partial charge in [-0.15, -0.1) is 0 Å². The number of fused-ring (bicyclic) bond motifs is 1. The Kier molecular flexibility index (Phi) is 4.11. The summed E-state index contributed by atoms with van der Waals surface area (Å²) in [5.74, 6) is 0.0990. The minimum atomic E-state index is -0.541. The number of nitrogens with zero attached hydrogens (tertiary/aromatic N) is 1. The molecule has 1 amide bonds. The summed E-state index contributed by atoms with van der Waals surface area (Å²) in [5.41, 5.74) is 0.644. The van der Waals surface area contributed by atoms with Crippen LogP contribution in [-0.4, -0.2) is 29.8 Å². The molecule has 0 unspecified atom stereocenters. The summed E-state index contributed by atoms with van der Waals surface area (Å²) in [5, 5.41) is 13.3. The van der Waals surface area contributed by atoms with E-state index in [-0.39, 0.29) is 36.3 Å². The van der Waals surface area contributed by atoms with Gasteiger partial charge in [-0.2, -0.15) is 0 Å². The lowest BCUT2D eigenvalue weighted by Crippen LogP contribution is -2.25. The molecule has 122 valence electrons. The zero-order chi connectivity index (χ0) is 17.1. The minimum absolute atomic E-state index is 0.0593. The highest BCUT2D eigenvalue weighted by Gasteiger charge is 2.18. The molecule has 1 aliphatic rings. The van der Waals surface area contributed by atoms with Crippen LogP contribution in [0, 0.1) is 10.1 Å². The van der Waals surface area contributed by atoms with Crippen molar-refractivity contribution in [1.82, 2.24) is 0 Å². The Balaban J connectivity index is 1.69. The molecule has 0 fully saturated rings. The highest BCUT2D eigenvalue weighted by molar-refractivity contribution is 6.01. The second-order valence-corrected chi connectivity index (χ2v) is 5.01. The van der Waals surface area contributed by atoms with Crippen LogP contribution in [0.25, 0.3) is 0 Å². The fraction of sp³-hybridized carbons (Fsp3) is 0.125. The molecule has 8 heteroatoms. The first-order valence-electron chi connectivity index (χ1n) is 7.00. The lowest BCUT2D eigenvalue weighted by atomic mass is 10.1. The summed E-state index contributed by atoms with van der Waals surface area (Å²) in [6, 6.07) is 10.2. The molecule has 2 aromatic carbocycles. The number of benzene rings is 2. The zero-order valence-corrected chi connectivity index (χ0v) is 12.4. The van der Waals surface area contributed by atoms with Gasteiger partial charge in [0.15, 0.2) is 19.0 Å². The Hall–Kier alpha value is -3.42. The van der Waals surface area contributed by atoms with Crippen LogP contribution in [-0.2, 0) is 4.79 Å². The van der Waals surface area contributed by atoms with E-state index in [1.54, 1.807) is 12.1 Å². The largest absolute Gasteiger partial charge is 0.485 e. The van der Waals surface area contributed by atoms with Crippen molar-refractivity contribution >= 4 is 23.1 Å². The number of anilines is 1. The van der Waals surface area contributed by atoms with Crippen LogP contribution in [0.1, 0.15) is 10.4 Å². The molecule has 0 spiro atoms. The third kappa shape index (κ3) is 3.32. The molecule has 0 aliphatic carbocycles. The van der Waals surface area contributed by atoms with Crippen LogP contribution in [0.15, 0.2) is 42.5 Å². The maximum absolute atomic E-state index is 12.2. The maximum atomic E-state index is 12.2. The standard InChI is InChI=1S/C16H12N2O6/c19-14(8-23-12-3-1-2-11(7-12)18(21)22)10-4-5-15-13(6-10)17-16(20)9-24-15/h1-7H,8-9H2,(H,17,20). The molecule has 0 saturated heterocycles. The fourth-order valence-electron chi connectivity index (χ4n) is 2.18. The first-order valence-corrected chi connectivity index (χ1v) is 7.00. The van der Waals surface area contributed by atoms with E-state index in [1.807, 2.05) is 0 Å². The molecule has 0 aromatic heterocycles. The highest BCUT2D eigenvalue weighted by Crippen LogP contribution is 2.28. The number of non-ortho nitro benzene ring substituents is 1. The van der Waals surface area contributed by atoms with Gasteiger partial charge in [0, 0.05) is 11.6 Å². The molecule has 0 atom stereocenters. The average Bonchev–Trinajstić information content (AvgIpc) is 2.59. The Labute approximate surface area is 136 Å². The van der Waals surface area contributed by atoms with E-state index in [0.29, 0.717) is 17.0 Å². The average molecular weight is 328 g/mol. The number of hydrogen-bond donors (Lipinski definition) is 1. The van der Waals surface area contributed by atoms with Crippen LogP contribution in [0.5, 0.6) is 11.5 Å². The molecule has 0 radical (unpaired) electrons. The van der Waals surface area contributed by atoms with E-state index in [1.165, 1.54) is 30.3 Å². The van der Waals surface area contributed by atoms with Crippen molar-refractivity contribution in [2.75, 3.05) is 18.5 Å². The SMILES string of the molecule is O=C1COc2ccc(C(=O)COc3cccc([N+](=O)[O-])c3)cc2N1. The van der Waals surface area contributed by atoms with E-state index in [4.69, 9.17) is 9.47 Å². The number of hydrogen-bond acceptors (Lipinski definition) is 6. The molecule has 1 heterocycles. The summed E-state index contributed by atoms with van der Waals surface area (Å²) in [4.78, 5) is 33.7. The van der Waals surface area contributed by atoms with Gasteiger partial charge in [0.1, 0.15) is 11.5 Å². The predicted octanol–water partition coefficient (Wildman–Crippen LogP) is 2.19. The van der Waals surface area contributed by atoms with Crippen LogP contribution in [0.3, 0.4) is 0 Å². The Morgan fingerprint density at radius 1 is 1.29 bits per heavy atom. The lowest BCUT2D eigenvalue weighted by molar-refractivity contribution is -0.384. The summed E-state index contributed by atoms with van der Waals surface area (Å²) in [6.45, 7) is -0.342. The molecule has 24 heavy (non-hydrogen) atoms. The first kappa shape index (κ1) is 15.5. The number of amides is 1. The van der Waals surface area contributed by atoms with Crippen LogP contribution >= 0.6 is 0 Å². The minimum Gasteiger partial charge on any atom is -0.485 e. The van der Waals surface area contributed by atoms with Gasteiger partial charge >= 0.3 is 0 Å². The smallest absolute Gasteiger partial charge is 0.273 e. The van der Waals surface area contributed by atoms with E-state index < -0.39 is 4.92 Å². The normalized spacial score (nSPS) is 12.6. The molecule has 1 N–H and O–H groups in total. The third-order valence-corrected chi connectivity index (χ3v) is 3.33. The number of Topliss-reactive ketones (excluding diaryl/α,β-unsaturated/α-hetero) is 1. The maximum Gasteiger partial charge on any atom is 0.273 e. The summed E-state index contributed by atoms with van der Waals surface area (Å²) in [7, 11) is 0. The summed E-state index contributed by atoms with van der Waals surface area (Å²) < 4.78 is 10.5. The Bertz CT molecular complexity index is 833. The monoisotopic (exact) mass is 328 g/mol. The van der Waals surface area contributed by atoms with E-state index in [9.17, 15) is 19.7 Å². The number of carbonyl (C=O) groups is 2. The molecule has 8 nitrogen and oxygen atoms in total. The number of nitro benzene ring substituents is 1. The lowest BCUT2D eigenvalue weighted by Gasteiger charge is -2.18. The molecule has 2 aromatic rings. The van der Waals surface area contributed by atoms with Gasteiger partial charge < -0.3 is 14.8 Å². The highest BCUT2D eigenvalue weighted by atomic mass is 16.6. The van der Waals surface area contributed by atoms with E-state index in [0.717, 1.165) is 0 Å². The topological polar surface area (TPSA) is 108 Å². The van der Waals surface area contributed by atoms with E-state index >= 15 is 0 Å². The van der Waals surface area contributed by atoms with E-state index in [2.05, 4.69) is 5.32 Å². The number of carbonyl (C=O) groups excluding carboxylic acids is 2. The summed E-state index contributed by atoms with van der Waals surface area (Å²) >= 11 is 0. The van der Waals surface area contributed by atoms with Crippen LogP contribution in [0.2, 0.25) is 0 Å². The number of nitrogens with one attached hydrogen (secondary N) is 1. The van der Waals surface area contributed by atoms with Crippen molar-refractivity contribution in [2.45, 2.75) is 0 Å². The van der Waals surface area contributed by atoms with Crippen LogP contribution < -0.4 is 14.8 Å². The number of ether oxygens (including phenoxy) is 2. The van der Waals surface area contributed by atoms with Gasteiger partial charge in [-0.25, -0.2) is 0 Å². The van der Waals surface area contributed by atoms with Gasteiger partial charge in [0.05, 0.1) is 16.7 Å². The second kappa shape index (κ2) is 6.37.